The Balaban J connectivity index is 2.87. The highest BCUT2D eigenvalue weighted by molar-refractivity contribution is 7.99. The van der Waals surface area contributed by atoms with Gasteiger partial charge >= 0.3 is 0 Å². The van der Waals surface area contributed by atoms with E-state index in [1.54, 1.807) is 24.8 Å². The Morgan fingerprint density at radius 1 is 1.47 bits per heavy atom. The second-order valence-corrected chi connectivity index (χ2v) is 5.64. The molecule has 0 aliphatic heterocycles. The highest BCUT2D eigenvalue weighted by atomic mass is 32.2. The monoisotopic (exact) mass is 284 g/mol. The van der Waals surface area contributed by atoms with E-state index in [1.807, 2.05) is 19.1 Å². The van der Waals surface area contributed by atoms with E-state index in [4.69, 9.17) is 15.7 Å². The molecule has 0 spiro atoms. The first-order chi connectivity index (χ1) is 8.99. The normalized spacial score (nSPS) is 15.1. The number of hydrogen-bond acceptors (Lipinski definition) is 5. The second-order valence-electron chi connectivity index (χ2n) is 4.28. The van der Waals surface area contributed by atoms with Crippen molar-refractivity contribution in [2.24, 2.45) is 10.9 Å². The Bertz CT molecular complexity index is 450. The average Bonchev–Trinajstić information content (AvgIpc) is 2.43. The first-order valence-electron chi connectivity index (χ1n) is 5.94. The van der Waals surface area contributed by atoms with Crippen LogP contribution in [0.4, 0.5) is 0 Å². The fraction of sp³-hybridized carbons (Fsp3) is 0.462. The summed E-state index contributed by atoms with van der Waals surface area (Å²) in [5.74, 6) is 1.32. The maximum Gasteiger partial charge on any atom is 0.173 e. The van der Waals surface area contributed by atoms with E-state index in [0.717, 1.165) is 11.3 Å². The first-order valence-corrected chi connectivity index (χ1v) is 6.99. The summed E-state index contributed by atoms with van der Waals surface area (Å²) < 4.78 is 5.17. The molecule has 0 aliphatic carbocycles. The fourth-order valence-electron chi connectivity index (χ4n) is 1.47. The lowest BCUT2D eigenvalue weighted by molar-refractivity contribution is 0.196. The summed E-state index contributed by atoms with van der Waals surface area (Å²) in [5, 5.41) is 21.4. The Morgan fingerprint density at radius 2 is 2.16 bits per heavy atom. The van der Waals surface area contributed by atoms with Crippen LogP contribution < -0.4 is 10.5 Å². The molecule has 1 rings (SSSR count). The highest BCUT2D eigenvalue weighted by Gasteiger charge is 2.12. The summed E-state index contributed by atoms with van der Waals surface area (Å²) >= 11 is 1.65. The van der Waals surface area contributed by atoms with Crippen LogP contribution in [0.3, 0.4) is 0 Å². The molecule has 0 bridgehead atoms. The molecule has 106 valence electrons. The van der Waals surface area contributed by atoms with E-state index in [9.17, 15) is 5.11 Å². The van der Waals surface area contributed by atoms with E-state index in [2.05, 4.69) is 5.16 Å². The van der Waals surface area contributed by atoms with Crippen LogP contribution in [0, 0.1) is 0 Å². The summed E-state index contributed by atoms with van der Waals surface area (Å²) in [7, 11) is 1.54. The van der Waals surface area contributed by atoms with Gasteiger partial charge in [0.15, 0.2) is 5.84 Å². The maximum absolute atomic E-state index is 9.45. The number of hydrogen-bond donors (Lipinski definition) is 3. The van der Waals surface area contributed by atoms with Crippen LogP contribution in [-0.2, 0) is 5.75 Å². The minimum absolute atomic E-state index is 0.0206. The Kier molecular flexibility index (Phi) is 5.98. The molecule has 0 aliphatic rings. The van der Waals surface area contributed by atoms with Gasteiger partial charge in [-0.25, -0.2) is 0 Å². The summed E-state index contributed by atoms with van der Waals surface area (Å²) in [6, 6.07) is 5.54. The van der Waals surface area contributed by atoms with Gasteiger partial charge in [0.2, 0.25) is 0 Å². The molecule has 5 nitrogen and oxygen atoms in total. The summed E-state index contributed by atoms with van der Waals surface area (Å²) in [4.78, 5) is 0. The number of benzene rings is 1. The molecule has 0 radical (unpaired) electrons. The fourth-order valence-corrected chi connectivity index (χ4v) is 2.38. The molecule has 0 heterocycles. The minimum atomic E-state index is -0.355. The van der Waals surface area contributed by atoms with Crippen LogP contribution in [0.5, 0.6) is 5.75 Å². The number of amidine groups is 1. The molecule has 19 heavy (non-hydrogen) atoms. The van der Waals surface area contributed by atoms with Crippen LogP contribution in [0.1, 0.15) is 25.0 Å². The Morgan fingerprint density at radius 3 is 2.68 bits per heavy atom. The van der Waals surface area contributed by atoms with Crippen molar-refractivity contribution < 1.29 is 15.1 Å². The van der Waals surface area contributed by atoms with Crippen molar-refractivity contribution in [1.82, 2.24) is 0 Å². The van der Waals surface area contributed by atoms with Crippen molar-refractivity contribution in [3.8, 4) is 5.75 Å². The highest BCUT2D eigenvalue weighted by Crippen LogP contribution is 2.25. The molecule has 2 unspecified atom stereocenters. The lowest BCUT2D eigenvalue weighted by Gasteiger charge is -2.15. The van der Waals surface area contributed by atoms with Gasteiger partial charge in [0.25, 0.3) is 0 Å². The molecular weight excluding hydrogens is 264 g/mol. The molecule has 4 N–H and O–H groups in total. The van der Waals surface area contributed by atoms with Gasteiger partial charge in [-0.3, -0.25) is 0 Å². The van der Waals surface area contributed by atoms with Crippen molar-refractivity contribution in [3.63, 3.8) is 0 Å². The number of nitrogens with zero attached hydrogens (tertiary/aromatic N) is 1. The standard InChI is InChI=1S/C13H20N2O3S/c1-8(16)9(2)19-7-10-4-5-12(18-3)11(6-10)13(14)15-17/h4-6,8-9,16-17H,7H2,1-3H3,(H2,14,15). The first kappa shape index (κ1) is 15.7. The lowest BCUT2D eigenvalue weighted by Crippen LogP contribution is -2.16. The van der Waals surface area contributed by atoms with Gasteiger partial charge in [0.05, 0.1) is 18.8 Å². The van der Waals surface area contributed by atoms with E-state index in [-0.39, 0.29) is 17.2 Å². The van der Waals surface area contributed by atoms with Crippen LogP contribution in [-0.4, -0.2) is 34.6 Å². The summed E-state index contributed by atoms with van der Waals surface area (Å²) in [5.41, 5.74) is 7.21. The number of ether oxygens (including phenoxy) is 1. The SMILES string of the molecule is COc1ccc(CSC(C)C(C)O)cc1/C(N)=N/O. The van der Waals surface area contributed by atoms with E-state index in [0.29, 0.717) is 11.3 Å². The second kappa shape index (κ2) is 7.25. The predicted octanol–water partition coefficient (Wildman–Crippen LogP) is 1.79. The van der Waals surface area contributed by atoms with Crippen LogP contribution in [0.2, 0.25) is 0 Å². The number of aliphatic hydroxyl groups is 1. The van der Waals surface area contributed by atoms with Crippen LogP contribution >= 0.6 is 11.8 Å². The van der Waals surface area contributed by atoms with Crippen molar-refractivity contribution in [2.75, 3.05) is 7.11 Å². The molecule has 6 heteroatoms. The summed E-state index contributed by atoms with van der Waals surface area (Å²) in [6.07, 6.45) is -0.355. The smallest absolute Gasteiger partial charge is 0.173 e. The van der Waals surface area contributed by atoms with E-state index >= 15 is 0 Å². The third kappa shape index (κ3) is 4.33. The van der Waals surface area contributed by atoms with E-state index in [1.165, 1.54) is 7.11 Å². The largest absolute Gasteiger partial charge is 0.496 e. The Labute approximate surface area is 117 Å². The zero-order valence-corrected chi connectivity index (χ0v) is 12.1. The number of nitrogens with two attached hydrogens (primary N) is 1. The number of oxime groups is 1. The van der Waals surface area contributed by atoms with Crippen molar-refractivity contribution >= 4 is 17.6 Å². The van der Waals surface area contributed by atoms with Gasteiger partial charge < -0.3 is 20.8 Å². The Hall–Kier alpha value is -1.40. The number of rotatable bonds is 6. The number of aliphatic hydroxyl groups excluding tert-OH is 1. The van der Waals surface area contributed by atoms with Crippen LogP contribution in [0.15, 0.2) is 23.4 Å². The van der Waals surface area contributed by atoms with Gasteiger partial charge in [0, 0.05) is 11.0 Å². The molecule has 2 atom stereocenters. The van der Waals surface area contributed by atoms with E-state index < -0.39 is 0 Å². The minimum Gasteiger partial charge on any atom is -0.496 e. The van der Waals surface area contributed by atoms with Gasteiger partial charge in [-0.2, -0.15) is 11.8 Å². The van der Waals surface area contributed by atoms with Crippen molar-refractivity contribution in [1.29, 1.82) is 0 Å². The van der Waals surface area contributed by atoms with Crippen molar-refractivity contribution in [2.45, 2.75) is 31.0 Å². The molecule has 1 aromatic carbocycles. The molecular formula is C13H20N2O3S. The zero-order chi connectivity index (χ0) is 14.4. The lowest BCUT2D eigenvalue weighted by atomic mass is 10.1. The molecule has 0 saturated carbocycles. The summed E-state index contributed by atoms with van der Waals surface area (Å²) in [6.45, 7) is 3.75. The molecule has 0 saturated heterocycles. The molecule has 0 fully saturated rings. The quantitative estimate of drug-likeness (QED) is 0.321. The predicted molar refractivity (Wildman–Crippen MR) is 77.9 cm³/mol. The number of thioether (sulfide) groups is 1. The number of methoxy groups -OCH3 is 1. The third-order valence-electron chi connectivity index (χ3n) is 2.84. The molecule has 0 amide bonds. The molecule has 1 aromatic rings. The topological polar surface area (TPSA) is 88.1 Å². The van der Waals surface area contributed by atoms with Gasteiger partial charge in [-0.15, -0.1) is 0 Å². The van der Waals surface area contributed by atoms with Gasteiger partial charge in [-0.05, 0) is 24.6 Å². The van der Waals surface area contributed by atoms with Gasteiger partial charge in [-0.1, -0.05) is 18.1 Å². The molecule has 0 aromatic heterocycles. The average molecular weight is 284 g/mol. The van der Waals surface area contributed by atoms with Crippen molar-refractivity contribution in [3.05, 3.63) is 29.3 Å². The van der Waals surface area contributed by atoms with Gasteiger partial charge in [0.1, 0.15) is 5.75 Å². The third-order valence-corrected chi connectivity index (χ3v) is 4.26. The maximum atomic E-state index is 9.45. The van der Waals surface area contributed by atoms with Crippen LogP contribution in [0.25, 0.3) is 0 Å². The zero-order valence-electron chi connectivity index (χ0n) is 11.3.